The number of hydrogen-bond donors (Lipinski definition) is 1. The molecule has 19 heavy (non-hydrogen) atoms. The molecule has 0 atom stereocenters. The van der Waals surface area contributed by atoms with Crippen molar-refractivity contribution in [1.29, 1.82) is 0 Å². The Bertz CT molecular complexity index is 464. The summed E-state index contributed by atoms with van der Waals surface area (Å²) in [6.45, 7) is 9.74. The summed E-state index contributed by atoms with van der Waals surface area (Å²) in [4.78, 5) is 14.0. The topological polar surface area (TPSA) is 58.4 Å². The Balaban J connectivity index is 3.07. The van der Waals surface area contributed by atoms with Crippen molar-refractivity contribution in [3.05, 3.63) is 17.5 Å². The van der Waals surface area contributed by atoms with Gasteiger partial charge in [-0.1, -0.05) is 20.8 Å². The van der Waals surface area contributed by atoms with Gasteiger partial charge in [-0.2, -0.15) is 5.10 Å². The summed E-state index contributed by atoms with van der Waals surface area (Å²) < 4.78 is 1.66. The van der Waals surface area contributed by atoms with Crippen LogP contribution < -0.4 is 0 Å². The molecule has 0 saturated carbocycles. The molecule has 1 aromatic heterocycles. The summed E-state index contributed by atoms with van der Waals surface area (Å²) in [5, 5.41) is 14.2. The molecule has 0 aromatic carbocycles. The summed E-state index contributed by atoms with van der Waals surface area (Å²) >= 11 is 0. The average Bonchev–Trinajstić information content (AvgIpc) is 2.55. The van der Waals surface area contributed by atoms with Gasteiger partial charge < -0.3 is 10.0 Å². The van der Waals surface area contributed by atoms with Crippen LogP contribution in [0.5, 0.6) is 0 Å². The van der Waals surface area contributed by atoms with Crippen molar-refractivity contribution in [2.75, 3.05) is 13.6 Å². The molecule has 1 N–H and O–H groups in total. The zero-order chi connectivity index (χ0) is 15.0. The van der Waals surface area contributed by atoms with E-state index >= 15 is 0 Å². The number of aromatic nitrogens is 2. The van der Waals surface area contributed by atoms with E-state index in [-0.39, 0.29) is 17.9 Å². The van der Waals surface area contributed by atoms with E-state index in [2.05, 4.69) is 5.10 Å². The zero-order valence-corrected chi connectivity index (χ0v) is 13.0. The molecule has 0 unspecified atom stereocenters. The van der Waals surface area contributed by atoms with Crippen molar-refractivity contribution in [3.63, 3.8) is 0 Å². The van der Waals surface area contributed by atoms with Crippen LogP contribution in [0.1, 0.15) is 50.7 Å². The molecule has 0 saturated heterocycles. The molecule has 108 valence electrons. The quantitative estimate of drug-likeness (QED) is 0.904. The van der Waals surface area contributed by atoms with Crippen LogP contribution in [0.2, 0.25) is 0 Å². The highest BCUT2D eigenvalue weighted by Gasteiger charge is 2.28. The molecule has 5 heteroatoms. The van der Waals surface area contributed by atoms with E-state index in [1.165, 1.54) is 4.90 Å². The lowest BCUT2D eigenvalue weighted by molar-refractivity contribution is 0.0366. The Morgan fingerprint density at radius 1 is 1.37 bits per heavy atom. The fraction of sp³-hybridized carbons (Fsp3) is 0.714. The van der Waals surface area contributed by atoms with Crippen LogP contribution in [0.3, 0.4) is 0 Å². The molecule has 0 aliphatic heterocycles. The Hall–Kier alpha value is -1.36. The lowest BCUT2D eigenvalue weighted by atomic mass is 9.89. The molecule has 1 amide bonds. The van der Waals surface area contributed by atoms with E-state index in [1.807, 2.05) is 27.8 Å². The second-order valence-electron chi connectivity index (χ2n) is 6.79. The van der Waals surface area contributed by atoms with E-state index in [0.29, 0.717) is 5.56 Å². The molecule has 1 heterocycles. The lowest BCUT2D eigenvalue weighted by Gasteiger charge is -2.26. The Kier molecular flexibility index (Phi) is 4.10. The minimum absolute atomic E-state index is 0.111. The first-order valence-electron chi connectivity index (χ1n) is 6.44. The minimum atomic E-state index is -0.908. The van der Waals surface area contributed by atoms with Gasteiger partial charge in [-0.05, 0) is 13.8 Å². The molecule has 1 rings (SSSR count). The predicted octanol–water partition coefficient (Wildman–Crippen LogP) is 1.56. The van der Waals surface area contributed by atoms with Gasteiger partial charge in [0.2, 0.25) is 0 Å². The largest absolute Gasteiger partial charge is 0.389 e. The summed E-state index contributed by atoms with van der Waals surface area (Å²) in [5.41, 5.74) is 0.278. The van der Waals surface area contributed by atoms with E-state index in [0.717, 1.165) is 5.69 Å². The standard InChI is InChI=1S/C14H25N3O2/c1-13(2,3)11-10(8-17(7)15-11)12(18)16(6)9-14(4,5)19/h8,19H,9H2,1-7H3. The van der Waals surface area contributed by atoms with Crippen molar-refractivity contribution in [2.45, 2.75) is 45.6 Å². The van der Waals surface area contributed by atoms with Gasteiger partial charge in [0.15, 0.2) is 0 Å². The summed E-state index contributed by atoms with van der Waals surface area (Å²) in [6, 6.07) is 0. The van der Waals surface area contributed by atoms with Gasteiger partial charge in [-0.15, -0.1) is 0 Å². The van der Waals surface area contributed by atoms with Gasteiger partial charge in [0.05, 0.1) is 16.9 Å². The first kappa shape index (κ1) is 15.7. The Labute approximate surface area is 115 Å². The van der Waals surface area contributed by atoms with Crippen LogP contribution in [0.15, 0.2) is 6.20 Å². The number of aryl methyl sites for hydroxylation is 1. The highest BCUT2D eigenvalue weighted by molar-refractivity contribution is 5.95. The Morgan fingerprint density at radius 3 is 2.32 bits per heavy atom. The Morgan fingerprint density at radius 2 is 1.89 bits per heavy atom. The van der Waals surface area contributed by atoms with Crippen LogP contribution in [-0.2, 0) is 12.5 Å². The van der Waals surface area contributed by atoms with E-state index in [4.69, 9.17) is 0 Å². The highest BCUT2D eigenvalue weighted by atomic mass is 16.3. The molecule has 1 aromatic rings. The lowest BCUT2D eigenvalue weighted by Crippen LogP contribution is -2.40. The molecule has 0 fully saturated rings. The number of hydrogen-bond acceptors (Lipinski definition) is 3. The normalized spacial score (nSPS) is 12.6. The number of amides is 1. The van der Waals surface area contributed by atoms with Crippen LogP contribution in [0.25, 0.3) is 0 Å². The summed E-state index contributed by atoms with van der Waals surface area (Å²) in [6.07, 6.45) is 1.74. The smallest absolute Gasteiger partial charge is 0.257 e. The monoisotopic (exact) mass is 267 g/mol. The van der Waals surface area contributed by atoms with Crippen molar-refractivity contribution in [2.24, 2.45) is 7.05 Å². The number of aliphatic hydroxyl groups is 1. The third-order valence-corrected chi connectivity index (χ3v) is 2.74. The van der Waals surface area contributed by atoms with Crippen LogP contribution in [0, 0.1) is 0 Å². The third kappa shape index (κ3) is 4.06. The van der Waals surface area contributed by atoms with Gasteiger partial charge in [0.1, 0.15) is 0 Å². The first-order valence-corrected chi connectivity index (χ1v) is 6.44. The van der Waals surface area contributed by atoms with Crippen molar-refractivity contribution in [3.8, 4) is 0 Å². The van der Waals surface area contributed by atoms with E-state index in [1.54, 1.807) is 31.8 Å². The van der Waals surface area contributed by atoms with Gasteiger partial charge in [-0.3, -0.25) is 9.48 Å². The van der Waals surface area contributed by atoms with Crippen molar-refractivity contribution < 1.29 is 9.90 Å². The maximum Gasteiger partial charge on any atom is 0.257 e. The molecular formula is C14H25N3O2. The van der Waals surface area contributed by atoms with Crippen LogP contribution in [0.4, 0.5) is 0 Å². The maximum absolute atomic E-state index is 12.5. The van der Waals surface area contributed by atoms with E-state index < -0.39 is 5.60 Å². The predicted molar refractivity (Wildman–Crippen MR) is 75.2 cm³/mol. The summed E-state index contributed by atoms with van der Waals surface area (Å²) in [7, 11) is 3.50. The zero-order valence-electron chi connectivity index (χ0n) is 13.0. The fourth-order valence-electron chi connectivity index (χ4n) is 2.06. The molecular weight excluding hydrogens is 242 g/mol. The number of rotatable bonds is 3. The van der Waals surface area contributed by atoms with E-state index in [9.17, 15) is 9.90 Å². The average molecular weight is 267 g/mol. The van der Waals surface area contributed by atoms with Gasteiger partial charge >= 0.3 is 0 Å². The van der Waals surface area contributed by atoms with Crippen LogP contribution in [-0.4, -0.2) is 44.9 Å². The number of carbonyl (C=O) groups is 1. The van der Waals surface area contributed by atoms with Crippen molar-refractivity contribution in [1.82, 2.24) is 14.7 Å². The molecule has 0 bridgehead atoms. The number of likely N-dealkylation sites (N-methyl/N-ethyl adjacent to an activating group) is 1. The van der Waals surface area contributed by atoms with Gasteiger partial charge in [0, 0.05) is 32.3 Å². The molecule has 0 aliphatic rings. The number of carbonyl (C=O) groups excluding carboxylic acids is 1. The van der Waals surface area contributed by atoms with Crippen molar-refractivity contribution >= 4 is 5.91 Å². The van der Waals surface area contributed by atoms with Crippen LogP contribution >= 0.6 is 0 Å². The third-order valence-electron chi connectivity index (χ3n) is 2.74. The first-order chi connectivity index (χ1) is 8.42. The maximum atomic E-state index is 12.5. The number of nitrogens with zero attached hydrogens (tertiary/aromatic N) is 3. The second-order valence-corrected chi connectivity index (χ2v) is 6.79. The highest BCUT2D eigenvalue weighted by Crippen LogP contribution is 2.25. The minimum Gasteiger partial charge on any atom is -0.389 e. The van der Waals surface area contributed by atoms with Gasteiger partial charge in [-0.25, -0.2) is 0 Å². The molecule has 0 spiro atoms. The molecule has 0 aliphatic carbocycles. The molecule has 0 radical (unpaired) electrons. The SMILES string of the molecule is CN(CC(C)(C)O)C(=O)c1cn(C)nc1C(C)(C)C. The fourth-order valence-corrected chi connectivity index (χ4v) is 2.06. The summed E-state index contributed by atoms with van der Waals surface area (Å²) in [5.74, 6) is -0.111. The van der Waals surface area contributed by atoms with Gasteiger partial charge in [0.25, 0.3) is 5.91 Å². The second kappa shape index (κ2) is 4.96. The molecule has 5 nitrogen and oxygen atoms in total.